The van der Waals surface area contributed by atoms with Gasteiger partial charge in [0.1, 0.15) is 6.04 Å². The summed E-state index contributed by atoms with van der Waals surface area (Å²) in [5, 5.41) is 8.14. The summed E-state index contributed by atoms with van der Waals surface area (Å²) in [6.45, 7) is 3.13. The lowest BCUT2D eigenvalue weighted by molar-refractivity contribution is -0.126. The molecule has 1 aliphatic rings. The number of aryl methyl sites for hydroxylation is 1. The minimum Gasteiger partial charge on any atom is -0.343 e. The van der Waals surface area contributed by atoms with Gasteiger partial charge in [-0.1, -0.05) is 30.3 Å². The standard InChI is InChI=1S/C24H26N4O2S/c1-17-7-5-13-25-21(17)22(20-10-6-16-31-20)27-23(29)18-11-14-28(15-12-18)24(30)26-19-8-3-2-4-9-19/h2-10,13,16,18,22H,11-12,14-15H2,1H3,(H,26,30)(H,27,29). The van der Waals surface area contributed by atoms with Crippen LogP contribution in [-0.4, -0.2) is 34.9 Å². The molecule has 1 atom stereocenters. The number of hydrogen-bond donors (Lipinski definition) is 2. The first-order chi connectivity index (χ1) is 15.1. The molecule has 0 spiro atoms. The van der Waals surface area contributed by atoms with Crippen LogP contribution in [0.3, 0.4) is 0 Å². The number of amides is 3. The number of benzene rings is 1. The third-order valence-corrected chi connectivity index (χ3v) is 6.55. The van der Waals surface area contributed by atoms with E-state index in [1.165, 1.54) is 0 Å². The molecule has 2 N–H and O–H groups in total. The van der Waals surface area contributed by atoms with Gasteiger partial charge in [-0.3, -0.25) is 9.78 Å². The fraction of sp³-hybridized carbons (Fsp3) is 0.292. The number of anilines is 1. The summed E-state index contributed by atoms with van der Waals surface area (Å²) >= 11 is 1.61. The van der Waals surface area contributed by atoms with E-state index in [1.807, 2.05) is 66.9 Å². The maximum absolute atomic E-state index is 13.1. The Kier molecular flexibility index (Phi) is 6.62. The SMILES string of the molecule is Cc1cccnc1C(NC(=O)C1CCN(C(=O)Nc2ccccc2)CC1)c1cccs1. The van der Waals surface area contributed by atoms with Gasteiger partial charge in [-0.15, -0.1) is 11.3 Å². The minimum absolute atomic E-state index is 0.0200. The summed E-state index contributed by atoms with van der Waals surface area (Å²) in [5.74, 6) is -0.0983. The maximum Gasteiger partial charge on any atom is 0.321 e. The molecule has 0 aliphatic carbocycles. The third kappa shape index (κ3) is 5.11. The molecule has 3 aromatic rings. The molecule has 6 nitrogen and oxygen atoms in total. The molecule has 3 heterocycles. The number of likely N-dealkylation sites (tertiary alicyclic amines) is 1. The van der Waals surface area contributed by atoms with Crippen LogP contribution < -0.4 is 10.6 Å². The van der Waals surface area contributed by atoms with Crippen LogP contribution in [0.15, 0.2) is 66.2 Å². The molecule has 1 saturated heterocycles. The molecule has 0 bridgehead atoms. The van der Waals surface area contributed by atoms with Crippen molar-refractivity contribution in [3.8, 4) is 0 Å². The van der Waals surface area contributed by atoms with Crippen LogP contribution in [0.1, 0.15) is 35.0 Å². The Hall–Kier alpha value is -3.19. The van der Waals surface area contributed by atoms with Crippen molar-refractivity contribution >= 4 is 29.0 Å². The van der Waals surface area contributed by atoms with E-state index in [-0.39, 0.29) is 23.9 Å². The van der Waals surface area contributed by atoms with Crippen LogP contribution in [-0.2, 0) is 4.79 Å². The normalized spacial score (nSPS) is 15.3. The highest BCUT2D eigenvalue weighted by atomic mass is 32.1. The van der Waals surface area contributed by atoms with Gasteiger partial charge in [0.05, 0.1) is 5.69 Å². The lowest BCUT2D eigenvalue weighted by Crippen LogP contribution is -2.45. The number of rotatable bonds is 5. The Bertz CT molecular complexity index is 1020. The molecule has 4 rings (SSSR count). The number of thiophene rings is 1. The number of nitrogens with zero attached hydrogens (tertiary/aromatic N) is 2. The zero-order valence-corrected chi connectivity index (χ0v) is 18.3. The second-order valence-electron chi connectivity index (χ2n) is 7.72. The van der Waals surface area contributed by atoms with E-state index in [0.717, 1.165) is 21.8 Å². The summed E-state index contributed by atoms with van der Waals surface area (Å²) in [6, 6.07) is 17.0. The van der Waals surface area contributed by atoms with Gasteiger partial charge in [-0.2, -0.15) is 0 Å². The topological polar surface area (TPSA) is 74.3 Å². The van der Waals surface area contributed by atoms with Crippen molar-refractivity contribution in [2.24, 2.45) is 5.92 Å². The average molecular weight is 435 g/mol. The highest BCUT2D eigenvalue weighted by molar-refractivity contribution is 7.10. The Labute approximate surface area is 186 Å². The van der Waals surface area contributed by atoms with Crippen molar-refractivity contribution in [2.75, 3.05) is 18.4 Å². The van der Waals surface area contributed by atoms with Gasteiger partial charge >= 0.3 is 6.03 Å². The molecule has 7 heteroatoms. The second-order valence-corrected chi connectivity index (χ2v) is 8.70. The quantitative estimate of drug-likeness (QED) is 0.616. The first kappa shape index (κ1) is 21.1. The molecule has 3 amide bonds. The van der Waals surface area contributed by atoms with Crippen LogP contribution in [0.25, 0.3) is 0 Å². The fourth-order valence-corrected chi connectivity index (χ4v) is 4.64. The molecule has 0 saturated carbocycles. The van der Waals surface area contributed by atoms with Crippen molar-refractivity contribution in [1.82, 2.24) is 15.2 Å². The number of para-hydroxylation sites is 1. The summed E-state index contributed by atoms with van der Waals surface area (Å²) in [4.78, 5) is 33.0. The zero-order chi connectivity index (χ0) is 21.6. The van der Waals surface area contributed by atoms with Crippen molar-refractivity contribution in [1.29, 1.82) is 0 Å². The third-order valence-electron chi connectivity index (χ3n) is 5.62. The van der Waals surface area contributed by atoms with Gasteiger partial charge in [0.25, 0.3) is 0 Å². The van der Waals surface area contributed by atoms with Crippen molar-refractivity contribution in [2.45, 2.75) is 25.8 Å². The number of carbonyl (C=O) groups is 2. The van der Waals surface area contributed by atoms with Crippen LogP contribution in [0.4, 0.5) is 10.5 Å². The monoisotopic (exact) mass is 434 g/mol. The van der Waals surface area contributed by atoms with Crippen LogP contribution in [0.5, 0.6) is 0 Å². The Morgan fingerprint density at radius 2 is 1.84 bits per heavy atom. The molecular formula is C24H26N4O2S. The minimum atomic E-state index is -0.256. The molecule has 0 radical (unpaired) electrons. The van der Waals surface area contributed by atoms with Crippen LogP contribution in [0, 0.1) is 12.8 Å². The van der Waals surface area contributed by atoms with E-state index < -0.39 is 0 Å². The predicted molar refractivity (Wildman–Crippen MR) is 123 cm³/mol. The largest absolute Gasteiger partial charge is 0.343 e. The number of pyridine rings is 1. The Morgan fingerprint density at radius 1 is 1.06 bits per heavy atom. The first-order valence-electron chi connectivity index (χ1n) is 10.5. The summed E-state index contributed by atoms with van der Waals surface area (Å²) in [5.41, 5.74) is 2.70. The highest BCUT2D eigenvalue weighted by Gasteiger charge is 2.30. The summed E-state index contributed by atoms with van der Waals surface area (Å²) < 4.78 is 0. The number of piperidine rings is 1. The molecule has 31 heavy (non-hydrogen) atoms. The van der Waals surface area contributed by atoms with E-state index in [9.17, 15) is 9.59 Å². The maximum atomic E-state index is 13.1. The van der Waals surface area contributed by atoms with Crippen LogP contribution >= 0.6 is 11.3 Å². The van der Waals surface area contributed by atoms with E-state index >= 15 is 0 Å². The fourth-order valence-electron chi connectivity index (χ4n) is 3.86. The number of nitrogens with one attached hydrogen (secondary N) is 2. The number of urea groups is 1. The van der Waals surface area contributed by atoms with Gasteiger partial charge in [0.15, 0.2) is 0 Å². The summed E-state index contributed by atoms with van der Waals surface area (Å²) in [6.07, 6.45) is 3.05. The number of aromatic nitrogens is 1. The lowest BCUT2D eigenvalue weighted by Gasteiger charge is -2.32. The highest BCUT2D eigenvalue weighted by Crippen LogP contribution is 2.28. The smallest absolute Gasteiger partial charge is 0.321 e. The van der Waals surface area contributed by atoms with Gasteiger partial charge in [-0.25, -0.2) is 4.79 Å². The number of hydrogen-bond acceptors (Lipinski definition) is 4. The molecule has 160 valence electrons. The molecule has 1 aliphatic heterocycles. The molecule has 2 aromatic heterocycles. The first-order valence-corrected chi connectivity index (χ1v) is 11.4. The van der Waals surface area contributed by atoms with E-state index in [1.54, 1.807) is 22.4 Å². The Morgan fingerprint density at radius 3 is 2.52 bits per heavy atom. The Balaban J connectivity index is 1.37. The van der Waals surface area contributed by atoms with E-state index in [4.69, 9.17) is 0 Å². The zero-order valence-electron chi connectivity index (χ0n) is 17.5. The van der Waals surface area contributed by atoms with E-state index in [2.05, 4.69) is 15.6 Å². The van der Waals surface area contributed by atoms with Crippen molar-refractivity contribution in [3.05, 3.63) is 82.3 Å². The second kappa shape index (κ2) is 9.75. The summed E-state index contributed by atoms with van der Waals surface area (Å²) in [7, 11) is 0. The number of carbonyl (C=O) groups excluding carboxylic acids is 2. The van der Waals surface area contributed by atoms with Gasteiger partial charge in [-0.05, 0) is 55.0 Å². The average Bonchev–Trinajstić information content (AvgIpc) is 3.33. The van der Waals surface area contributed by atoms with Crippen LogP contribution in [0.2, 0.25) is 0 Å². The van der Waals surface area contributed by atoms with Crippen molar-refractivity contribution < 1.29 is 9.59 Å². The molecule has 1 fully saturated rings. The van der Waals surface area contributed by atoms with Gasteiger partial charge < -0.3 is 15.5 Å². The molecule has 1 unspecified atom stereocenters. The van der Waals surface area contributed by atoms with Gasteiger partial charge in [0.2, 0.25) is 5.91 Å². The molecular weight excluding hydrogens is 408 g/mol. The lowest BCUT2D eigenvalue weighted by atomic mass is 9.95. The van der Waals surface area contributed by atoms with Gasteiger partial charge in [0, 0.05) is 35.8 Å². The predicted octanol–water partition coefficient (Wildman–Crippen LogP) is 4.60. The van der Waals surface area contributed by atoms with E-state index in [0.29, 0.717) is 25.9 Å². The molecule has 1 aromatic carbocycles. The van der Waals surface area contributed by atoms with Crippen molar-refractivity contribution in [3.63, 3.8) is 0 Å².